The predicted octanol–water partition coefficient (Wildman–Crippen LogP) is 4.50. The number of anilines is 1. The molecule has 0 saturated heterocycles. The number of aromatic nitrogens is 1. The van der Waals surface area contributed by atoms with Gasteiger partial charge in [0.25, 0.3) is 10.0 Å². The third-order valence-electron chi connectivity index (χ3n) is 2.25. The molecule has 1 aromatic heterocycles. The first-order valence-electron chi connectivity index (χ1n) is 5.08. The normalized spacial score (nSPS) is 11.4. The maximum absolute atomic E-state index is 12.2. The highest BCUT2D eigenvalue weighted by Gasteiger charge is 2.18. The zero-order valence-electron chi connectivity index (χ0n) is 9.57. The molecule has 1 aromatic carbocycles. The molecule has 0 atom stereocenters. The Labute approximate surface area is 135 Å². The molecule has 0 radical (unpaired) electrons. The number of hydrogen-bond donors (Lipinski definition) is 1. The minimum Gasteiger partial charge on any atom is -0.277 e. The fourth-order valence-corrected chi connectivity index (χ4v) is 3.53. The van der Waals surface area contributed by atoms with Crippen LogP contribution in [-0.4, -0.2) is 13.4 Å². The maximum atomic E-state index is 12.2. The van der Waals surface area contributed by atoms with Crippen molar-refractivity contribution in [2.45, 2.75) is 4.90 Å². The standard InChI is InChI=1S/C11H6Cl4N2O2S/c12-6-3-8(13)11(9(14)4-6)17-20(18,19)7-1-2-10(15)16-5-7/h1-5,17H. The maximum Gasteiger partial charge on any atom is 0.263 e. The van der Waals surface area contributed by atoms with Crippen LogP contribution in [0.4, 0.5) is 5.69 Å². The van der Waals surface area contributed by atoms with Gasteiger partial charge in [-0.3, -0.25) is 4.72 Å². The number of sulfonamides is 1. The number of nitrogens with zero attached hydrogens (tertiary/aromatic N) is 1. The monoisotopic (exact) mass is 370 g/mol. The second-order valence-electron chi connectivity index (χ2n) is 3.67. The van der Waals surface area contributed by atoms with Gasteiger partial charge >= 0.3 is 0 Å². The summed E-state index contributed by atoms with van der Waals surface area (Å²) in [6.07, 6.45) is 1.13. The van der Waals surface area contributed by atoms with Crippen molar-refractivity contribution in [3.05, 3.63) is 50.7 Å². The van der Waals surface area contributed by atoms with E-state index >= 15 is 0 Å². The molecule has 106 valence electrons. The van der Waals surface area contributed by atoms with E-state index in [1.54, 1.807) is 0 Å². The fraction of sp³-hybridized carbons (Fsp3) is 0. The third kappa shape index (κ3) is 3.48. The van der Waals surface area contributed by atoms with Gasteiger partial charge in [0.1, 0.15) is 10.0 Å². The van der Waals surface area contributed by atoms with Gasteiger partial charge in [-0.2, -0.15) is 0 Å². The number of hydrogen-bond acceptors (Lipinski definition) is 3. The summed E-state index contributed by atoms with van der Waals surface area (Å²) >= 11 is 23.2. The lowest BCUT2D eigenvalue weighted by Gasteiger charge is -2.11. The van der Waals surface area contributed by atoms with E-state index in [4.69, 9.17) is 46.4 Å². The van der Waals surface area contributed by atoms with Gasteiger partial charge in [-0.1, -0.05) is 46.4 Å². The summed E-state index contributed by atoms with van der Waals surface area (Å²) < 4.78 is 26.6. The molecule has 2 aromatic rings. The van der Waals surface area contributed by atoms with Crippen molar-refractivity contribution < 1.29 is 8.42 Å². The predicted molar refractivity (Wildman–Crippen MR) is 81.5 cm³/mol. The molecule has 0 saturated carbocycles. The summed E-state index contributed by atoms with van der Waals surface area (Å²) in [6.45, 7) is 0. The molecule has 0 aliphatic heterocycles. The molecule has 0 bridgehead atoms. The average molecular weight is 372 g/mol. The van der Waals surface area contributed by atoms with Gasteiger partial charge in [0.2, 0.25) is 0 Å². The zero-order chi connectivity index (χ0) is 14.9. The number of benzene rings is 1. The van der Waals surface area contributed by atoms with E-state index in [9.17, 15) is 8.42 Å². The van der Waals surface area contributed by atoms with Gasteiger partial charge < -0.3 is 0 Å². The molecule has 1 N–H and O–H groups in total. The zero-order valence-corrected chi connectivity index (χ0v) is 13.4. The molecule has 2 rings (SSSR count). The van der Waals surface area contributed by atoms with E-state index in [0.29, 0.717) is 5.02 Å². The summed E-state index contributed by atoms with van der Waals surface area (Å²) in [4.78, 5) is 3.64. The summed E-state index contributed by atoms with van der Waals surface area (Å²) in [5, 5.41) is 0.670. The van der Waals surface area contributed by atoms with Crippen LogP contribution in [0, 0.1) is 0 Å². The van der Waals surface area contributed by atoms with Crippen LogP contribution in [0.3, 0.4) is 0 Å². The molecular formula is C11H6Cl4N2O2S. The third-order valence-corrected chi connectivity index (χ3v) is 4.63. The number of rotatable bonds is 3. The second-order valence-corrected chi connectivity index (χ2v) is 6.99. The van der Waals surface area contributed by atoms with E-state index in [-0.39, 0.29) is 25.8 Å². The Bertz CT molecular complexity index is 725. The molecule has 0 aliphatic rings. The number of nitrogens with one attached hydrogen (secondary N) is 1. The quantitative estimate of drug-likeness (QED) is 0.808. The van der Waals surface area contributed by atoms with Crippen LogP contribution in [0.25, 0.3) is 0 Å². The topological polar surface area (TPSA) is 59.1 Å². The minimum atomic E-state index is -3.87. The SMILES string of the molecule is O=S(=O)(Nc1c(Cl)cc(Cl)cc1Cl)c1ccc(Cl)nc1. The van der Waals surface area contributed by atoms with Crippen LogP contribution in [0.2, 0.25) is 20.2 Å². The number of halogens is 4. The fourth-order valence-electron chi connectivity index (χ4n) is 1.35. The van der Waals surface area contributed by atoms with E-state index in [1.165, 1.54) is 24.3 Å². The van der Waals surface area contributed by atoms with E-state index in [0.717, 1.165) is 6.20 Å². The highest BCUT2D eigenvalue weighted by Crippen LogP contribution is 2.35. The van der Waals surface area contributed by atoms with Crippen molar-refractivity contribution in [2.24, 2.45) is 0 Å². The van der Waals surface area contributed by atoms with Crippen LogP contribution in [0.5, 0.6) is 0 Å². The van der Waals surface area contributed by atoms with Gasteiger partial charge in [-0.25, -0.2) is 13.4 Å². The van der Waals surface area contributed by atoms with Gasteiger partial charge in [-0.15, -0.1) is 0 Å². The van der Waals surface area contributed by atoms with Crippen molar-refractivity contribution in [1.29, 1.82) is 0 Å². The first-order chi connectivity index (χ1) is 9.29. The van der Waals surface area contributed by atoms with Crippen LogP contribution in [-0.2, 0) is 10.0 Å². The largest absolute Gasteiger partial charge is 0.277 e. The first kappa shape index (κ1) is 15.7. The molecule has 1 heterocycles. The molecule has 0 unspecified atom stereocenters. The van der Waals surface area contributed by atoms with Crippen LogP contribution < -0.4 is 4.72 Å². The molecule has 0 amide bonds. The molecular weight excluding hydrogens is 366 g/mol. The molecule has 0 spiro atoms. The van der Waals surface area contributed by atoms with E-state index in [1.807, 2.05) is 0 Å². The smallest absolute Gasteiger partial charge is 0.263 e. The Hall–Kier alpha value is -0.720. The van der Waals surface area contributed by atoms with Crippen LogP contribution in [0.15, 0.2) is 35.4 Å². The average Bonchev–Trinajstić information content (AvgIpc) is 2.34. The minimum absolute atomic E-state index is 0.0488. The highest BCUT2D eigenvalue weighted by atomic mass is 35.5. The Balaban J connectivity index is 2.41. The molecule has 20 heavy (non-hydrogen) atoms. The van der Waals surface area contributed by atoms with E-state index in [2.05, 4.69) is 9.71 Å². The van der Waals surface area contributed by atoms with Crippen LogP contribution in [0.1, 0.15) is 0 Å². The Morgan fingerprint density at radius 3 is 2.10 bits per heavy atom. The van der Waals surface area contributed by atoms with Gasteiger partial charge in [0.05, 0.1) is 15.7 Å². The number of pyridine rings is 1. The highest BCUT2D eigenvalue weighted by molar-refractivity contribution is 7.92. The lowest BCUT2D eigenvalue weighted by atomic mass is 10.3. The van der Waals surface area contributed by atoms with Gasteiger partial charge in [0.15, 0.2) is 0 Å². The summed E-state index contributed by atoms with van der Waals surface area (Å²) in [6, 6.07) is 5.44. The Morgan fingerprint density at radius 2 is 1.60 bits per heavy atom. The van der Waals surface area contributed by atoms with Crippen molar-refractivity contribution in [3.8, 4) is 0 Å². The van der Waals surface area contributed by atoms with Gasteiger partial charge in [-0.05, 0) is 24.3 Å². The first-order valence-corrected chi connectivity index (χ1v) is 8.08. The van der Waals surface area contributed by atoms with Crippen LogP contribution >= 0.6 is 46.4 Å². The lowest BCUT2D eigenvalue weighted by Crippen LogP contribution is -2.13. The van der Waals surface area contributed by atoms with Crippen molar-refractivity contribution in [2.75, 3.05) is 4.72 Å². The van der Waals surface area contributed by atoms with Gasteiger partial charge in [0, 0.05) is 11.2 Å². The molecule has 9 heteroatoms. The lowest BCUT2D eigenvalue weighted by molar-refractivity contribution is 0.601. The summed E-state index contributed by atoms with van der Waals surface area (Å²) in [7, 11) is -3.87. The Kier molecular flexibility index (Phi) is 4.66. The van der Waals surface area contributed by atoms with Crippen molar-refractivity contribution in [3.63, 3.8) is 0 Å². The summed E-state index contributed by atoms with van der Waals surface area (Å²) in [5.41, 5.74) is 0.0488. The summed E-state index contributed by atoms with van der Waals surface area (Å²) in [5.74, 6) is 0. The molecule has 0 aliphatic carbocycles. The van der Waals surface area contributed by atoms with Crippen molar-refractivity contribution >= 4 is 62.1 Å². The van der Waals surface area contributed by atoms with Crippen molar-refractivity contribution in [1.82, 2.24) is 4.98 Å². The molecule has 4 nitrogen and oxygen atoms in total. The second kappa shape index (κ2) is 5.95. The molecule has 0 fully saturated rings. The Morgan fingerprint density at radius 1 is 1.00 bits per heavy atom. The van der Waals surface area contributed by atoms with E-state index < -0.39 is 10.0 Å².